The molecule has 7 heteroatoms. The number of carbonyl (C=O) groups is 1. The van der Waals surface area contributed by atoms with Gasteiger partial charge in [0.15, 0.2) is 12.4 Å². The molecule has 1 aliphatic rings. The van der Waals surface area contributed by atoms with Gasteiger partial charge in [0.1, 0.15) is 18.3 Å². The molecule has 1 saturated heterocycles. The van der Waals surface area contributed by atoms with Gasteiger partial charge in [-0.05, 0) is 6.42 Å². The number of rotatable bonds is 12. The summed E-state index contributed by atoms with van der Waals surface area (Å²) in [5.74, 6) is -0.502. The second-order valence-electron chi connectivity index (χ2n) is 6.76. The lowest BCUT2D eigenvalue weighted by molar-refractivity contribution is -0.289. The van der Waals surface area contributed by atoms with Crippen molar-refractivity contribution in [3.05, 3.63) is 0 Å². The Hall–Kier alpha value is -0.730. The monoisotopic (exact) mass is 362 g/mol. The van der Waals surface area contributed by atoms with E-state index in [0.717, 1.165) is 12.8 Å². The Kier molecular flexibility index (Phi) is 11.2. The van der Waals surface area contributed by atoms with Gasteiger partial charge in [-0.2, -0.15) is 0 Å². The van der Waals surface area contributed by atoms with Gasteiger partial charge < -0.3 is 29.9 Å². The van der Waals surface area contributed by atoms with Crippen molar-refractivity contribution in [2.24, 2.45) is 0 Å². The zero-order valence-electron chi connectivity index (χ0n) is 15.2. The topological polar surface area (TPSA) is 116 Å². The van der Waals surface area contributed by atoms with Crippen LogP contribution in [-0.2, 0) is 14.3 Å². The van der Waals surface area contributed by atoms with Gasteiger partial charge in [0.25, 0.3) is 0 Å². The summed E-state index contributed by atoms with van der Waals surface area (Å²) in [6.45, 7) is 1.67. The maximum Gasteiger partial charge on any atom is 0.306 e. The fraction of sp³-hybridized carbons (Fsp3) is 0.944. The minimum Gasteiger partial charge on any atom is -0.457 e. The zero-order chi connectivity index (χ0) is 18.7. The lowest BCUT2D eigenvalue weighted by Gasteiger charge is -2.39. The van der Waals surface area contributed by atoms with Gasteiger partial charge in [-0.15, -0.1) is 0 Å². The van der Waals surface area contributed by atoms with Crippen molar-refractivity contribution >= 4 is 5.97 Å². The number of esters is 1. The highest BCUT2D eigenvalue weighted by atomic mass is 16.7. The molecular formula is C18H34O7. The van der Waals surface area contributed by atoms with Crippen molar-refractivity contribution in [2.75, 3.05) is 6.61 Å². The van der Waals surface area contributed by atoms with Crippen molar-refractivity contribution in [1.29, 1.82) is 0 Å². The first kappa shape index (κ1) is 22.3. The van der Waals surface area contributed by atoms with E-state index < -0.39 is 43.3 Å². The van der Waals surface area contributed by atoms with E-state index in [-0.39, 0.29) is 6.42 Å². The van der Waals surface area contributed by atoms with Crippen molar-refractivity contribution in [3.63, 3.8) is 0 Å². The van der Waals surface area contributed by atoms with Crippen molar-refractivity contribution in [2.45, 2.75) is 102 Å². The second kappa shape index (κ2) is 12.6. The Labute approximate surface area is 150 Å². The minimum atomic E-state index is -1.61. The molecule has 0 saturated carbocycles. The highest BCUT2D eigenvalue weighted by Gasteiger charge is 2.45. The fourth-order valence-electron chi connectivity index (χ4n) is 3.00. The van der Waals surface area contributed by atoms with Crippen LogP contribution in [0.25, 0.3) is 0 Å². The van der Waals surface area contributed by atoms with E-state index >= 15 is 0 Å². The van der Waals surface area contributed by atoms with Gasteiger partial charge in [-0.1, -0.05) is 58.3 Å². The Morgan fingerprint density at radius 2 is 1.48 bits per heavy atom. The van der Waals surface area contributed by atoms with Crippen LogP contribution < -0.4 is 0 Å². The van der Waals surface area contributed by atoms with E-state index in [4.69, 9.17) is 9.47 Å². The number of carbonyl (C=O) groups excluding carboxylic acids is 1. The SMILES string of the molecule is CCCCCCCCCCCC(=O)O[C@H]1[C@H](O)[C@@H](O)[C@@H](O)O[C@@H]1CO. The van der Waals surface area contributed by atoms with Gasteiger partial charge in [0.2, 0.25) is 0 Å². The highest BCUT2D eigenvalue weighted by Crippen LogP contribution is 2.23. The Bertz CT molecular complexity index is 361. The average Bonchev–Trinajstić information content (AvgIpc) is 2.60. The summed E-state index contributed by atoms with van der Waals surface area (Å²) >= 11 is 0. The normalized spacial score (nSPS) is 29.6. The van der Waals surface area contributed by atoms with Crippen LogP contribution in [0.1, 0.15) is 71.1 Å². The highest BCUT2D eigenvalue weighted by molar-refractivity contribution is 5.69. The number of aliphatic hydroxyl groups is 4. The molecule has 0 unspecified atom stereocenters. The zero-order valence-corrected chi connectivity index (χ0v) is 15.2. The molecule has 4 N–H and O–H groups in total. The predicted octanol–water partition coefficient (Wildman–Crippen LogP) is 1.25. The van der Waals surface area contributed by atoms with E-state index in [1.54, 1.807) is 0 Å². The van der Waals surface area contributed by atoms with Gasteiger partial charge in [0, 0.05) is 6.42 Å². The molecule has 5 atom stereocenters. The number of hydrogen-bond acceptors (Lipinski definition) is 7. The molecule has 1 fully saturated rings. The van der Waals surface area contributed by atoms with Crippen LogP contribution in [0.5, 0.6) is 0 Å². The molecule has 0 aliphatic carbocycles. The van der Waals surface area contributed by atoms with Gasteiger partial charge in [0.05, 0.1) is 6.61 Å². The van der Waals surface area contributed by atoms with Crippen LogP contribution in [0, 0.1) is 0 Å². The largest absolute Gasteiger partial charge is 0.457 e. The first-order valence-corrected chi connectivity index (χ1v) is 9.51. The van der Waals surface area contributed by atoms with Gasteiger partial charge >= 0.3 is 5.97 Å². The summed E-state index contributed by atoms with van der Waals surface area (Å²) < 4.78 is 10.1. The maximum absolute atomic E-state index is 11.9. The minimum absolute atomic E-state index is 0.218. The molecular weight excluding hydrogens is 328 g/mol. The van der Waals surface area contributed by atoms with Gasteiger partial charge in [-0.25, -0.2) is 0 Å². The first-order chi connectivity index (χ1) is 12.0. The van der Waals surface area contributed by atoms with Crippen LogP contribution in [0.2, 0.25) is 0 Å². The lowest BCUT2D eigenvalue weighted by atomic mass is 9.99. The molecule has 0 aromatic rings. The molecule has 1 aliphatic heterocycles. The third-order valence-electron chi connectivity index (χ3n) is 4.59. The lowest BCUT2D eigenvalue weighted by Crippen LogP contribution is -2.59. The van der Waals surface area contributed by atoms with E-state index in [2.05, 4.69) is 6.92 Å². The van der Waals surface area contributed by atoms with Crippen LogP contribution in [0.3, 0.4) is 0 Å². The molecule has 0 amide bonds. The molecule has 25 heavy (non-hydrogen) atoms. The maximum atomic E-state index is 11.9. The number of unbranched alkanes of at least 4 members (excludes halogenated alkanes) is 8. The summed E-state index contributed by atoms with van der Waals surface area (Å²) in [7, 11) is 0. The number of hydrogen-bond donors (Lipinski definition) is 4. The molecule has 1 heterocycles. The quantitative estimate of drug-likeness (QED) is 0.305. The molecule has 1 rings (SSSR count). The van der Waals surface area contributed by atoms with Gasteiger partial charge in [-0.3, -0.25) is 4.79 Å². The van der Waals surface area contributed by atoms with E-state index in [1.165, 1.54) is 38.5 Å². The van der Waals surface area contributed by atoms with Crippen molar-refractivity contribution < 1.29 is 34.7 Å². The van der Waals surface area contributed by atoms with Crippen LogP contribution in [0.4, 0.5) is 0 Å². The Balaban J connectivity index is 2.18. The summed E-state index contributed by atoms with van der Waals surface area (Å²) in [4.78, 5) is 11.9. The van der Waals surface area contributed by atoms with Crippen molar-refractivity contribution in [1.82, 2.24) is 0 Å². The standard InChI is InChI=1S/C18H34O7/c1-2-3-4-5-6-7-8-9-10-11-14(20)25-17-13(12-19)24-18(23)16(22)15(17)21/h13,15-19,21-23H,2-12H2,1H3/t13-,15-,16-,17-,18+/m1/s1. The number of aliphatic hydroxyl groups excluding tert-OH is 4. The van der Waals surface area contributed by atoms with E-state index in [1.807, 2.05) is 0 Å². The Morgan fingerprint density at radius 3 is 2.04 bits per heavy atom. The Morgan fingerprint density at radius 1 is 0.920 bits per heavy atom. The van der Waals surface area contributed by atoms with Crippen LogP contribution >= 0.6 is 0 Å². The van der Waals surface area contributed by atoms with Crippen molar-refractivity contribution in [3.8, 4) is 0 Å². The summed E-state index contributed by atoms with van der Waals surface area (Å²) in [5.41, 5.74) is 0. The average molecular weight is 362 g/mol. The van der Waals surface area contributed by atoms with Crippen LogP contribution in [0.15, 0.2) is 0 Å². The molecule has 0 aromatic carbocycles. The molecule has 0 spiro atoms. The van der Waals surface area contributed by atoms with E-state index in [9.17, 15) is 25.2 Å². The van der Waals surface area contributed by atoms with Crippen LogP contribution in [-0.4, -0.2) is 63.7 Å². The summed E-state index contributed by atoms with van der Waals surface area (Å²) in [6, 6.07) is 0. The number of ether oxygens (including phenoxy) is 2. The third kappa shape index (κ3) is 8.00. The predicted molar refractivity (Wildman–Crippen MR) is 91.7 cm³/mol. The fourth-order valence-corrected chi connectivity index (χ4v) is 3.00. The third-order valence-corrected chi connectivity index (χ3v) is 4.59. The smallest absolute Gasteiger partial charge is 0.306 e. The van der Waals surface area contributed by atoms with E-state index in [0.29, 0.717) is 6.42 Å². The molecule has 0 radical (unpaired) electrons. The molecule has 7 nitrogen and oxygen atoms in total. The molecule has 0 aromatic heterocycles. The molecule has 0 bridgehead atoms. The first-order valence-electron chi connectivity index (χ1n) is 9.51. The second-order valence-corrected chi connectivity index (χ2v) is 6.76. The summed E-state index contributed by atoms with van der Waals surface area (Å²) in [6.07, 6.45) is 3.53. The summed E-state index contributed by atoms with van der Waals surface area (Å²) in [5, 5.41) is 38.1. The molecule has 148 valence electrons.